The molecule has 4 nitrogen and oxygen atoms in total. The molecule has 1 aliphatic heterocycles. The van der Waals surface area contributed by atoms with Crippen LogP contribution in [0.5, 0.6) is 5.75 Å². The molecule has 0 aromatic carbocycles. The van der Waals surface area contributed by atoms with Crippen LogP contribution < -0.4 is 5.56 Å². The van der Waals surface area contributed by atoms with Gasteiger partial charge in [-0.15, -0.1) is 0 Å². The van der Waals surface area contributed by atoms with Gasteiger partial charge in [-0.2, -0.15) is 11.8 Å². The lowest BCUT2D eigenvalue weighted by molar-refractivity contribution is 0.465. The van der Waals surface area contributed by atoms with Crippen molar-refractivity contribution >= 4 is 23.4 Å². The van der Waals surface area contributed by atoms with Crippen molar-refractivity contribution in [2.75, 3.05) is 0 Å². The number of rotatable bonds is 2. The molecule has 0 saturated carbocycles. The predicted octanol–water partition coefficient (Wildman–Crippen LogP) is 2.40. The van der Waals surface area contributed by atoms with Gasteiger partial charge in [-0.05, 0) is 11.6 Å². The fourth-order valence-electron chi connectivity index (χ4n) is 2.15. The molecule has 1 N–H and O–H groups in total. The monoisotopic (exact) mass is 294 g/mol. The van der Waals surface area contributed by atoms with Gasteiger partial charge in [-0.25, -0.2) is 4.98 Å². The van der Waals surface area contributed by atoms with Gasteiger partial charge in [0.15, 0.2) is 0 Å². The number of aromatic hydroxyl groups is 1. The van der Waals surface area contributed by atoms with Crippen molar-refractivity contribution in [2.24, 2.45) is 0 Å². The predicted molar refractivity (Wildman–Crippen MR) is 75.7 cm³/mol. The summed E-state index contributed by atoms with van der Waals surface area (Å²) in [5.74, 6) is 1.61. The number of thioether (sulfide) groups is 1. The van der Waals surface area contributed by atoms with E-state index in [9.17, 15) is 9.90 Å². The third kappa shape index (κ3) is 2.35. The van der Waals surface area contributed by atoms with Gasteiger partial charge in [-0.1, -0.05) is 17.7 Å². The summed E-state index contributed by atoms with van der Waals surface area (Å²) in [4.78, 5) is 16.0. The summed E-state index contributed by atoms with van der Waals surface area (Å²) < 4.78 is 1.69. The highest BCUT2D eigenvalue weighted by atomic mass is 35.5. The zero-order chi connectivity index (χ0) is 13.4. The van der Waals surface area contributed by atoms with Gasteiger partial charge in [-0.3, -0.25) is 4.79 Å². The minimum atomic E-state index is -0.186. The number of hydrogen-bond donors (Lipinski definition) is 1. The Hall–Kier alpha value is -1.46. The molecule has 3 heterocycles. The summed E-state index contributed by atoms with van der Waals surface area (Å²) in [5.41, 5.74) is 2.50. The van der Waals surface area contributed by atoms with Gasteiger partial charge >= 0.3 is 0 Å². The maximum absolute atomic E-state index is 12.0. The molecule has 2 aromatic rings. The SMILES string of the molecule is O=c1cc(O)c2c(n1Cc1ccc(Cl)nc1)CSC2. The first kappa shape index (κ1) is 12.6. The molecule has 0 saturated heterocycles. The maximum Gasteiger partial charge on any atom is 0.254 e. The molecule has 0 radical (unpaired) electrons. The molecule has 0 spiro atoms. The van der Waals surface area contributed by atoms with E-state index in [0.717, 1.165) is 28.3 Å². The molecule has 3 rings (SSSR count). The fraction of sp³-hybridized carbons (Fsp3) is 0.231. The summed E-state index contributed by atoms with van der Waals surface area (Å²) in [7, 11) is 0. The molecule has 1 aliphatic rings. The molecule has 0 bridgehead atoms. The highest BCUT2D eigenvalue weighted by Gasteiger charge is 2.20. The Kier molecular flexibility index (Phi) is 3.24. The number of hydrogen-bond acceptors (Lipinski definition) is 4. The van der Waals surface area contributed by atoms with Gasteiger partial charge in [0.1, 0.15) is 10.9 Å². The Morgan fingerprint density at radius 2 is 2.26 bits per heavy atom. The van der Waals surface area contributed by atoms with Crippen molar-refractivity contribution in [3.05, 3.63) is 56.7 Å². The van der Waals surface area contributed by atoms with Crippen molar-refractivity contribution in [2.45, 2.75) is 18.1 Å². The van der Waals surface area contributed by atoms with E-state index in [2.05, 4.69) is 4.98 Å². The molecule has 0 atom stereocenters. The van der Waals surface area contributed by atoms with E-state index in [1.807, 2.05) is 6.07 Å². The van der Waals surface area contributed by atoms with E-state index >= 15 is 0 Å². The third-order valence-electron chi connectivity index (χ3n) is 3.12. The highest BCUT2D eigenvalue weighted by Crippen LogP contribution is 2.34. The molecule has 6 heteroatoms. The standard InChI is InChI=1S/C13H11ClN2O2S/c14-12-2-1-8(4-15-12)5-16-10-7-19-6-9(10)11(17)3-13(16)18/h1-4,17H,5-7H2. The summed E-state index contributed by atoms with van der Waals surface area (Å²) in [6.45, 7) is 0.451. The summed E-state index contributed by atoms with van der Waals surface area (Å²) in [5, 5.41) is 10.2. The molecule has 0 unspecified atom stereocenters. The lowest BCUT2D eigenvalue weighted by Crippen LogP contribution is -2.23. The number of halogens is 1. The van der Waals surface area contributed by atoms with Crippen LogP contribution in [0.15, 0.2) is 29.2 Å². The zero-order valence-electron chi connectivity index (χ0n) is 9.97. The largest absolute Gasteiger partial charge is 0.507 e. The number of pyridine rings is 2. The van der Waals surface area contributed by atoms with Gasteiger partial charge in [0, 0.05) is 35.0 Å². The zero-order valence-corrected chi connectivity index (χ0v) is 11.5. The topological polar surface area (TPSA) is 55.1 Å². The lowest BCUT2D eigenvalue weighted by atomic mass is 10.2. The smallest absolute Gasteiger partial charge is 0.254 e. The van der Waals surface area contributed by atoms with Crippen LogP contribution in [0.3, 0.4) is 0 Å². The van der Waals surface area contributed by atoms with Gasteiger partial charge in [0.2, 0.25) is 0 Å². The van der Waals surface area contributed by atoms with E-state index < -0.39 is 0 Å². The second kappa shape index (κ2) is 4.90. The molecule has 19 heavy (non-hydrogen) atoms. The maximum atomic E-state index is 12.0. The number of fused-ring (bicyclic) bond motifs is 1. The van der Waals surface area contributed by atoms with Crippen LogP contribution in [0.1, 0.15) is 16.8 Å². The Bertz CT molecular complexity index is 682. The highest BCUT2D eigenvalue weighted by molar-refractivity contribution is 7.98. The second-order valence-corrected chi connectivity index (χ2v) is 5.73. The summed E-state index contributed by atoms with van der Waals surface area (Å²) in [6.07, 6.45) is 1.66. The Morgan fingerprint density at radius 3 is 3.00 bits per heavy atom. The molecular formula is C13H11ClN2O2S. The fourth-order valence-corrected chi connectivity index (χ4v) is 3.41. The van der Waals surface area contributed by atoms with Crippen LogP contribution in [-0.2, 0) is 18.1 Å². The Balaban J connectivity index is 2.04. The average Bonchev–Trinajstić information content (AvgIpc) is 2.86. The molecule has 0 fully saturated rings. The molecule has 0 aliphatic carbocycles. The van der Waals surface area contributed by atoms with E-state index in [1.165, 1.54) is 6.07 Å². The number of nitrogens with zero attached hydrogens (tertiary/aromatic N) is 2. The van der Waals surface area contributed by atoms with E-state index in [-0.39, 0.29) is 11.3 Å². The molecule has 0 amide bonds. The van der Waals surface area contributed by atoms with Crippen molar-refractivity contribution in [1.82, 2.24) is 9.55 Å². The quantitative estimate of drug-likeness (QED) is 0.864. The lowest BCUT2D eigenvalue weighted by Gasteiger charge is -2.12. The number of aromatic nitrogens is 2. The first-order valence-electron chi connectivity index (χ1n) is 5.78. The van der Waals surface area contributed by atoms with E-state index in [4.69, 9.17) is 11.6 Å². The minimum absolute atomic E-state index is 0.107. The summed E-state index contributed by atoms with van der Waals surface area (Å²) >= 11 is 7.44. The van der Waals surface area contributed by atoms with E-state index in [0.29, 0.717) is 11.7 Å². The first-order valence-corrected chi connectivity index (χ1v) is 7.31. The van der Waals surface area contributed by atoms with Crippen molar-refractivity contribution < 1.29 is 5.11 Å². The second-order valence-electron chi connectivity index (χ2n) is 4.36. The first-order chi connectivity index (χ1) is 9.15. The van der Waals surface area contributed by atoms with Crippen molar-refractivity contribution in [3.63, 3.8) is 0 Å². The van der Waals surface area contributed by atoms with Crippen LogP contribution in [0.2, 0.25) is 5.15 Å². The Morgan fingerprint density at radius 1 is 1.42 bits per heavy atom. The van der Waals surface area contributed by atoms with Crippen LogP contribution in [0.4, 0.5) is 0 Å². The molecule has 98 valence electrons. The molecular weight excluding hydrogens is 284 g/mol. The molecule has 2 aromatic heterocycles. The summed E-state index contributed by atoms with van der Waals surface area (Å²) in [6, 6.07) is 4.84. The van der Waals surface area contributed by atoms with Gasteiger partial charge in [0.05, 0.1) is 6.54 Å². The Labute approximate surface area is 119 Å². The van der Waals surface area contributed by atoms with Crippen LogP contribution in [0.25, 0.3) is 0 Å². The average molecular weight is 295 g/mol. The third-order valence-corrected chi connectivity index (χ3v) is 4.32. The normalized spacial score (nSPS) is 13.5. The van der Waals surface area contributed by atoms with Gasteiger partial charge in [0.25, 0.3) is 5.56 Å². The van der Waals surface area contributed by atoms with Crippen LogP contribution in [-0.4, -0.2) is 14.7 Å². The van der Waals surface area contributed by atoms with Crippen LogP contribution in [0, 0.1) is 0 Å². The van der Waals surface area contributed by atoms with Gasteiger partial charge < -0.3 is 9.67 Å². The van der Waals surface area contributed by atoms with Crippen molar-refractivity contribution in [3.8, 4) is 5.75 Å². The van der Waals surface area contributed by atoms with E-state index in [1.54, 1.807) is 28.6 Å². The van der Waals surface area contributed by atoms with Crippen molar-refractivity contribution in [1.29, 1.82) is 0 Å². The minimum Gasteiger partial charge on any atom is -0.507 e. The van der Waals surface area contributed by atoms with Crippen LogP contribution >= 0.6 is 23.4 Å².